The first-order valence-corrected chi connectivity index (χ1v) is 7.72. The van der Waals surface area contributed by atoms with E-state index in [-0.39, 0.29) is 10.6 Å². The van der Waals surface area contributed by atoms with Crippen LogP contribution in [0.15, 0.2) is 23.1 Å². The van der Waals surface area contributed by atoms with Crippen LogP contribution in [-0.4, -0.2) is 42.4 Å². The van der Waals surface area contributed by atoms with Gasteiger partial charge in [-0.2, -0.15) is 0 Å². The van der Waals surface area contributed by atoms with Crippen LogP contribution in [-0.2, 0) is 9.53 Å². The van der Waals surface area contributed by atoms with Crippen LogP contribution in [0.2, 0.25) is 0 Å². The number of nitrogens with zero attached hydrogens (tertiary/aromatic N) is 2. The zero-order valence-corrected chi connectivity index (χ0v) is 12.8. The van der Waals surface area contributed by atoms with Gasteiger partial charge < -0.3 is 9.64 Å². The number of ether oxygens (including phenoxy) is 1. The van der Waals surface area contributed by atoms with Crippen LogP contribution >= 0.6 is 11.8 Å². The molecule has 3 rings (SSSR count). The molecule has 2 aliphatic rings. The fourth-order valence-electron chi connectivity index (χ4n) is 2.43. The molecule has 0 bridgehead atoms. The topological polar surface area (TPSA) is 102 Å². The van der Waals surface area contributed by atoms with E-state index in [1.54, 1.807) is 6.07 Å². The van der Waals surface area contributed by atoms with Crippen molar-refractivity contribution in [2.24, 2.45) is 0 Å². The molecule has 2 fully saturated rings. The molecule has 2 saturated heterocycles. The molecule has 8 nitrogen and oxygen atoms in total. The zero-order chi connectivity index (χ0) is 16.4. The van der Waals surface area contributed by atoms with E-state index in [1.165, 1.54) is 18.2 Å². The lowest BCUT2D eigenvalue weighted by Gasteiger charge is -2.30. The molecular weight excluding hydrogens is 322 g/mol. The van der Waals surface area contributed by atoms with Crippen LogP contribution in [0.25, 0.3) is 6.08 Å². The standard InChI is InChI=1S/C14H13N3O5S/c18-13-12(23-14(19)15-13)8-9-7-10(17(20)21)1-2-11(9)16-3-5-22-6-4-16/h1-2,7-8H,3-6H2,(H,15,18,19). The molecule has 0 radical (unpaired) electrons. The average molecular weight is 335 g/mol. The summed E-state index contributed by atoms with van der Waals surface area (Å²) >= 11 is 0.787. The predicted molar refractivity (Wildman–Crippen MR) is 85.2 cm³/mol. The summed E-state index contributed by atoms with van der Waals surface area (Å²) < 4.78 is 5.31. The maximum atomic E-state index is 11.7. The highest BCUT2D eigenvalue weighted by Gasteiger charge is 2.26. The SMILES string of the molecule is O=C1NC(=O)C(=Cc2cc([N+](=O)[O-])ccc2N2CCOCC2)S1. The highest BCUT2D eigenvalue weighted by Crippen LogP contribution is 2.32. The molecule has 2 amide bonds. The first kappa shape index (κ1) is 15.5. The number of morpholine rings is 1. The Morgan fingerprint density at radius 1 is 1.30 bits per heavy atom. The van der Waals surface area contributed by atoms with Crippen molar-refractivity contribution in [3.05, 3.63) is 38.8 Å². The Hall–Kier alpha value is -2.39. The molecule has 1 aromatic rings. The molecule has 2 aliphatic heterocycles. The van der Waals surface area contributed by atoms with Gasteiger partial charge in [0.1, 0.15) is 0 Å². The molecule has 120 valence electrons. The molecule has 0 saturated carbocycles. The van der Waals surface area contributed by atoms with Crippen molar-refractivity contribution < 1.29 is 19.2 Å². The van der Waals surface area contributed by atoms with Gasteiger partial charge in [-0.25, -0.2) is 0 Å². The van der Waals surface area contributed by atoms with Crippen molar-refractivity contribution in [2.75, 3.05) is 31.2 Å². The summed E-state index contributed by atoms with van der Waals surface area (Å²) in [6, 6.07) is 4.50. The molecule has 1 aromatic carbocycles. The number of carbonyl (C=O) groups excluding carboxylic acids is 2. The molecule has 0 atom stereocenters. The Kier molecular flexibility index (Phi) is 4.30. The summed E-state index contributed by atoms with van der Waals surface area (Å²) in [6.07, 6.45) is 1.52. The summed E-state index contributed by atoms with van der Waals surface area (Å²) in [4.78, 5) is 35.8. The maximum Gasteiger partial charge on any atom is 0.290 e. The Bertz CT molecular complexity index is 712. The minimum atomic E-state index is -0.488. The minimum Gasteiger partial charge on any atom is -0.378 e. The van der Waals surface area contributed by atoms with Crippen LogP contribution in [0, 0.1) is 10.1 Å². The molecule has 0 aliphatic carbocycles. The number of hydrogen-bond donors (Lipinski definition) is 1. The highest BCUT2D eigenvalue weighted by molar-refractivity contribution is 8.18. The van der Waals surface area contributed by atoms with Crippen molar-refractivity contribution in [3.8, 4) is 0 Å². The fourth-order valence-corrected chi connectivity index (χ4v) is 3.10. The Labute approximate surface area is 135 Å². The van der Waals surface area contributed by atoms with E-state index in [2.05, 4.69) is 5.32 Å². The van der Waals surface area contributed by atoms with E-state index in [1.807, 2.05) is 4.90 Å². The number of thioether (sulfide) groups is 1. The first-order valence-electron chi connectivity index (χ1n) is 6.90. The van der Waals surface area contributed by atoms with Crippen molar-refractivity contribution in [1.29, 1.82) is 0 Å². The van der Waals surface area contributed by atoms with Gasteiger partial charge in [0.25, 0.3) is 16.8 Å². The molecule has 2 heterocycles. The molecule has 23 heavy (non-hydrogen) atoms. The maximum absolute atomic E-state index is 11.7. The van der Waals surface area contributed by atoms with E-state index in [0.29, 0.717) is 31.9 Å². The summed E-state index contributed by atoms with van der Waals surface area (Å²) in [7, 11) is 0. The van der Waals surface area contributed by atoms with Crippen LogP contribution in [0.1, 0.15) is 5.56 Å². The summed E-state index contributed by atoms with van der Waals surface area (Å²) in [6.45, 7) is 2.46. The average Bonchev–Trinajstić information content (AvgIpc) is 2.85. The third-order valence-electron chi connectivity index (χ3n) is 3.50. The highest BCUT2D eigenvalue weighted by atomic mass is 32.2. The number of nitro groups is 1. The number of hydrogen-bond acceptors (Lipinski definition) is 7. The van der Waals surface area contributed by atoms with Crippen molar-refractivity contribution >= 4 is 40.4 Å². The molecular formula is C14H13N3O5S. The predicted octanol–water partition coefficient (Wildman–Crippen LogP) is 1.76. The lowest BCUT2D eigenvalue weighted by molar-refractivity contribution is -0.384. The first-order chi connectivity index (χ1) is 11.0. The second kappa shape index (κ2) is 6.39. The molecule has 1 N–H and O–H groups in total. The Balaban J connectivity index is 2.02. The number of benzene rings is 1. The quantitative estimate of drug-likeness (QED) is 0.510. The second-order valence-electron chi connectivity index (χ2n) is 4.95. The third-order valence-corrected chi connectivity index (χ3v) is 4.31. The summed E-state index contributed by atoms with van der Waals surface area (Å²) in [5.41, 5.74) is 1.25. The number of amides is 2. The minimum absolute atomic E-state index is 0.0661. The number of anilines is 1. The van der Waals surface area contributed by atoms with Gasteiger partial charge in [-0.15, -0.1) is 0 Å². The van der Waals surface area contributed by atoms with Gasteiger partial charge in [0.2, 0.25) is 0 Å². The van der Waals surface area contributed by atoms with E-state index in [0.717, 1.165) is 17.4 Å². The molecule has 9 heteroatoms. The number of rotatable bonds is 3. The van der Waals surface area contributed by atoms with Crippen molar-refractivity contribution in [2.45, 2.75) is 0 Å². The number of carbonyl (C=O) groups is 2. The van der Waals surface area contributed by atoms with Gasteiger partial charge in [0, 0.05) is 36.5 Å². The second-order valence-corrected chi connectivity index (χ2v) is 5.97. The van der Waals surface area contributed by atoms with E-state index in [4.69, 9.17) is 4.74 Å². The fraction of sp³-hybridized carbons (Fsp3) is 0.286. The van der Waals surface area contributed by atoms with Crippen LogP contribution in [0.5, 0.6) is 0 Å². The van der Waals surface area contributed by atoms with Gasteiger partial charge in [0.05, 0.1) is 23.0 Å². The summed E-state index contributed by atoms with van der Waals surface area (Å²) in [5.74, 6) is -0.487. The molecule has 0 spiro atoms. The Morgan fingerprint density at radius 2 is 2.04 bits per heavy atom. The van der Waals surface area contributed by atoms with E-state index >= 15 is 0 Å². The monoisotopic (exact) mass is 335 g/mol. The van der Waals surface area contributed by atoms with Gasteiger partial charge in [0.15, 0.2) is 0 Å². The molecule has 0 aromatic heterocycles. The third kappa shape index (κ3) is 3.35. The van der Waals surface area contributed by atoms with Crippen molar-refractivity contribution in [1.82, 2.24) is 5.32 Å². The Morgan fingerprint density at radius 3 is 2.65 bits per heavy atom. The van der Waals surface area contributed by atoms with E-state index in [9.17, 15) is 19.7 Å². The van der Waals surface area contributed by atoms with Crippen LogP contribution in [0.3, 0.4) is 0 Å². The largest absolute Gasteiger partial charge is 0.378 e. The normalized spacial score (nSPS) is 20.0. The van der Waals surface area contributed by atoms with Gasteiger partial charge >= 0.3 is 0 Å². The van der Waals surface area contributed by atoms with Gasteiger partial charge in [-0.05, 0) is 23.9 Å². The van der Waals surface area contributed by atoms with Gasteiger partial charge in [-0.1, -0.05) is 0 Å². The lowest BCUT2D eigenvalue weighted by Crippen LogP contribution is -2.36. The van der Waals surface area contributed by atoms with Crippen LogP contribution < -0.4 is 10.2 Å². The number of nitrogens with one attached hydrogen (secondary N) is 1. The van der Waals surface area contributed by atoms with Gasteiger partial charge in [-0.3, -0.25) is 25.0 Å². The zero-order valence-electron chi connectivity index (χ0n) is 12.0. The smallest absolute Gasteiger partial charge is 0.290 e. The van der Waals surface area contributed by atoms with Crippen LogP contribution in [0.4, 0.5) is 16.2 Å². The number of nitro benzene ring substituents is 1. The van der Waals surface area contributed by atoms with E-state index < -0.39 is 16.1 Å². The summed E-state index contributed by atoms with van der Waals surface area (Å²) in [5, 5.41) is 12.7. The number of imide groups is 1. The lowest BCUT2D eigenvalue weighted by atomic mass is 10.1. The number of non-ortho nitro benzene ring substituents is 1. The molecule has 0 unspecified atom stereocenters. The van der Waals surface area contributed by atoms with Crippen molar-refractivity contribution in [3.63, 3.8) is 0 Å².